The number of nitrogens with one attached hydrogen (secondary N) is 1. The van der Waals surface area contributed by atoms with Crippen molar-refractivity contribution in [1.29, 1.82) is 0 Å². The van der Waals surface area contributed by atoms with Gasteiger partial charge in [0.2, 0.25) is 11.9 Å². The quantitative estimate of drug-likeness (QED) is 0.777. The van der Waals surface area contributed by atoms with Crippen LogP contribution in [-0.4, -0.2) is 54.0 Å². The lowest BCUT2D eigenvalue weighted by molar-refractivity contribution is -0.117. The van der Waals surface area contributed by atoms with Crippen LogP contribution >= 0.6 is 0 Å². The second kappa shape index (κ2) is 9.41. The SMILES string of the molecule is CN(C)c1ncc(C=CC(=O)NC2CCN(Cc3ccc(F)cc3)CC2)cn1. The molecule has 1 saturated heterocycles. The Hall–Kier alpha value is -2.80. The van der Waals surface area contributed by atoms with Gasteiger partial charge < -0.3 is 10.2 Å². The van der Waals surface area contributed by atoms with E-state index in [0.29, 0.717) is 5.95 Å². The van der Waals surface area contributed by atoms with Crippen LogP contribution in [0.1, 0.15) is 24.0 Å². The number of carbonyl (C=O) groups excluding carboxylic acids is 1. The van der Waals surface area contributed by atoms with Crippen molar-refractivity contribution in [2.24, 2.45) is 0 Å². The van der Waals surface area contributed by atoms with Crippen molar-refractivity contribution in [2.45, 2.75) is 25.4 Å². The highest BCUT2D eigenvalue weighted by Crippen LogP contribution is 2.14. The molecule has 7 heteroatoms. The maximum absolute atomic E-state index is 13.0. The zero-order chi connectivity index (χ0) is 19.9. The molecule has 3 rings (SSSR count). The van der Waals surface area contributed by atoms with Crippen LogP contribution in [0.25, 0.3) is 6.08 Å². The normalized spacial score (nSPS) is 15.7. The number of hydrogen-bond acceptors (Lipinski definition) is 5. The summed E-state index contributed by atoms with van der Waals surface area (Å²) in [6, 6.07) is 6.81. The first kappa shape index (κ1) is 19.9. The van der Waals surface area contributed by atoms with Gasteiger partial charge in [-0.1, -0.05) is 12.1 Å². The summed E-state index contributed by atoms with van der Waals surface area (Å²) in [5.41, 5.74) is 1.89. The van der Waals surface area contributed by atoms with Crippen molar-refractivity contribution < 1.29 is 9.18 Å². The Morgan fingerprint density at radius 3 is 2.46 bits per heavy atom. The molecule has 1 fully saturated rings. The van der Waals surface area contributed by atoms with Gasteiger partial charge in [0.1, 0.15) is 5.82 Å². The van der Waals surface area contributed by atoms with Crippen LogP contribution in [0.3, 0.4) is 0 Å². The van der Waals surface area contributed by atoms with E-state index in [0.717, 1.165) is 43.6 Å². The first-order valence-corrected chi connectivity index (χ1v) is 9.44. The van der Waals surface area contributed by atoms with Crippen molar-refractivity contribution in [2.75, 3.05) is 32.1 Å². The maximum Gasteiger partial charge on any atom is 0.244 e. The number of carbonyl (C=O) groups is 1. The van der Waals surface area contributed by atoms with E-state index in [1.807, 2.05) is 31.1 Å². The largest absolute Gasteiger partial charge is 0.350 e. The molecular formula is C21H26FN5O. The number of hydrogen-bond donors (Lipinski definition) is 1. The van der Waals surface area contributed by atoms with Crippen LogP contribution < -0.4 is 10.2 Å². The second-order valence-electron chi connectivity index (χ2n) is 7.23. The second-order valence-corrected chi connectivity index (χ2v) is 7.23. The smallest absolute Gasteiger partial charge is 0.244 e. The summed E-state index contributed by atoms with van der Waals surface area (Å²) in [5, 5.41) is 3.06. The van der Waals surface area contributed by atoms with Gasteiger partial charge in [0.15, 0.2) is 0 Å². The molecular weight excluding hydrogens is 357 g/mol. The fraction of sp³-hybridized carbons (Fsp3) is 0.381. The van der Waals surface area contributed by atoms with Crippen LogP contribution in [0.2, 0.25) is 0 Å². The number of rotatable bonds is 6. The molecule has 0 spiro atoms. The summed E-state index contributed by atoms with van der Waals surface area (Å²) in [5.74, 6) is 0.320. The van der Waals surface area contributed by atoms with E-state index in [4.69, 9.17) is 0 Å². The Morgan fingerprint density at radius 1 is 1.21 bits per heavy atom. The number of nitrogens with zero attached hydrogens (tertiary/aromatic N) is 4. The third kappa shape index (κ3) is 5.85. The molecule has 2 heterocycles. The lowest BCUT2D eigenvalue weighted by Crippen LogP contribution is -2.43. The molecule has 1 amide bonds. The third-order valence-electron chi connectivity index (χ3n) is 4.74. The Balaban J connectivity index is 1.42. The van der Waals surface area contributed by atoms with Crippen LogP contribution in [0.5, 0.6) is 0 Å². The molecule has 2 aromatic rings. The highest BCUT2D eigenvalue weighted by atomic mass is 19.1. The Bertz CT molecular complexity index is 797. The number of anilines is 1. The van der Waals surface area contributed by atoms with Crippen LogP contribution in [-0.2, 0) is 11.3 Å². The fourth-order valence-electron chi connectivity index (χ4n) is 3.15. The highest BCUT2D eigenvalue weighted by Gasteiger charge is 2.20. The van der Waals surface area contributed by atoms with Gasteiger partial charge in [0.25, 0.3) is 0 Å². The van der Waals surface area contributed by atoms with Crippen molar-refractivity contribution in [3.8, 4) is 0 Å². The summed E-state index contributed by atoms with van der Waals surface area (Å²) in [4.78, 5) is 24.8. The van der Waals surface area contributed by atoms with Crippen LogP contribution in [0, 0.1) is 5.82 Å². The average molecular weight is 383 g/mol. The van der Waals surface area contributed by atoms with E-state index in [1.54, 1.807) is 18.5 Å². The zero-order valence-electron chi connectivity index (χ0n) is 16.3. The van der Waals surface area contributed by atoms with Crippen LogP contribution in [0.4, 0.5) is 10.3 Å². The molecule has 0 unspecified atom stereocenters. The minimum Gasteiger partial charge on any atom is -0.350 e. The predicted molar refractivity (Wildman–Crippen MR) is 108 cm³/mol. The molecule has 1 aliphatic heterocycles. The van der Waals surface area contributed by atoms with Gasteiger partial charge in [-0.05, 0) is 36.6 Å². The number of likely N-dealkylation sites (tertiary alicyclic amines) is 1. The maximum atomic E-state index is 13.0. The molecule has 148 valence electrons. The molecule has 1 aromatic heterocycles. The number of piperidine rings is 1. The van der Waals surface area contributed by atoms with E-state index < -0.39 is 0 Å². The molecule has 6 nitrogen and oxygen atoms in total. The van der Waals surface area contributed by atoms with Crippen molar-refractivity contribution >= 4 is 17.9 Å². The molecule has 28 heavy (non-hydrogen) atoms. The lowest BCUT2D eigenvalue weighted by atomic mass is 10.0. The average Bonchev–Trinajstić information content (AvgIpc) is 2.70. The molecule has 1 N–H and O–H groups in total. The zero-order valence-corrected chi connectivity index (χ0v) is 16.3. The minimum atomic E-state index is -0.210. The number of halogens is 1. The third-order valence-corrected chi connectivity index (χ3v) is 4.74. The minimum absolute atomic E-state index is 0.103. The summed E-state index contributed by atoms with van der Waals surface area (Å²) >= 11 is 0. The van der Waals surface area contributed by atoms with Gasteiger partial charge in [0, 0.05) is 63.8 Å². The predicted octanol–water partition coefficient (Wildman–Crippen LogP) is 2.48. The van der Waals surface area contributed by atoms with E-state index in [-0.39, 0.29) is 17.8 Å². The van der Waals surface area contributed by atoms with E-state index in [9.17, 15) is 9.18 Å². The Kier molecular flexibility index (Phi) is 6.71. The van der Waals surface area contributed by atoms with Gasteiger partial charge in [0.05, 0.1) is 0 Å². The molecule has 0 radical (unpaired) electrons. The van der Waals surface area contributed by atoms with Gasteiger partial charge in [-0.15, -0.1) is 0 Å². The summed E-state index contributed by atoms with van der Waals surface area (Å²) in [6.45, 7) is 2.63. The summed E-state index contributed by atoms with van der Waals surface area (Å²) in [7, 11) is 3.76. The Labute approximate surface area is 165 Å². The topological polar surface area (TPSA) is 61.4 Å². The van der Waals surface area contributed by atoms with E-state index >= 15 is 0 Å². The highest BCUT2D eigenvalue weighted by molar-refractivity contribution is 5.91. The van der Waals surface area contributed by atoms with E-state index in [1.165, 1.54) is 18.2 Å². The van der Waals surface area contributed by atoms with Crippen molar-refractivity contribution in [3.05, 3.63) is 59.7 Å². The molecule has 0 atom stereocenters. The fourth-order valence-corrected chi connectivity index (χ4v) is 3.15. The van der Waals surface area contributed by atoms with Gasteiger partial charge in [-0.25, -0.2) is 14.4 Å². The van der Waals surface area contributed by atoms with Crippen LogP contribution in [0.15, 0.2) is 42.7 Å². The molecule has 1 aromatic carbocycles. The lowest BCUT2D eigenvalue weighted by Gasteiger charge is -2.32. The monoisotopic (exact) mass is 383 g/mol. The standard InChI is InChI=1S/C21H26FN5O/c1-26(2)21-23-13-17(14-24-21)5-8-20(28)25-19-9-11-27(12-10-19)15-16-3-6-18(22)7-4-16/h3-8,13-14,19H,9-12,15H2,1-2H3,(H,25,28). The van der Waals surface area contributed by atoms with Gasteiger partial charge in [-0.2, -0.15) is 0 Å². The molecule has 0 bridgehead atoms. The van der Waals surface area contributed by atoms with Gasteiger partial charge in [-0.3, -0.25) is 9.69 Å². The number of benzene rings is 1. The first-order chi connectivity index (χ1) is 13.5. The van der Waals surface area contributed by atoms with Crippen molar-refractivity contribution in [3.63, 3.8) is 0 Å². The summed E-state index contributed by atoms with van der Waals surface area (Å²) in [6.07, 6.45) is 8.44. The van der Waals surface area contributed by atoms with Crippen molar-refractivity contribution in [1.82, 2.24) is 20.2 Å². The summed E-state index contributed by atoms with van der Waals surface area (Å²) < 4.78 is 13.0. The molecule has 0 saturated carbocycles. The molecule has 1 aliphatic rings. The van der Waals surface area contributed by atoms with Gasteiger partial charge >= 0.3 is 0 Å². The number of aromatic nitrogens is 2. The first-order valence-electron chi connectivity index (χ1n) is 9.44. The Morgan fingerprint density at radius 2 is 1.86 bits per heavy atom. The van der Waals surface area contributed by atoms with E-state index in [2.05, 4.69) is 20.2 Å². The molecule has 0 aliphatic carbocycles. The number of amides is 1.